The molecule has 1 rings (SSSR count). The third kappa shape index (κ3) is 2.55. The fraction of sp³-hybridized carbons (Fsp3) is 0.400. The van der Waals surface area contributed by atoms with Gasteiger partial charge in [0.1, 0.15) is 0 Å². The highest BCUT2D eigenvalue weighted by atomic mass is 79.9. The lowest BCUT2D eigenvalue weighted by atomic mass is 10.0. The van der Waals surface area contributed by atoms with Gasteiger partial charge in [0.2, 0.25) is 0 Å². The number of rotatable bonds is 2. The molecule has 0 aliphatic rings. The second kappa shape index (κ2) is 5.33. The largest absolute Gasteiger partial charge is 0.122 e. The van der Waals surface area contributed by atoms with Crippen molar-refractivity contribution in [1.29, 1.82) is 0 Å². The molecule has 0 saturated heterocycles. The molecule has 0 amide bonds. The van der Waals surface area contributed by atoms with Crippen molar-refractivity contribution in [3.63, 3.8) is 0 Å². The van der Waals surface area contributed by atoms with Crippen LogP contribution in [0.1, 0.15) is 30.9 Å². The van der Waals surface area contributed by atoms with Crippen LogP contribution in [0.5, 0.6) is 0 Å². The molecule has 0 nitrogen and oxygen atoms in total. The highest BCUT2D eigenvalue weighted by Crippen LogP contribution is 2.39. The van der Waals surface area contributed by atoms with Crippen molar-refractivity contribution in [2.45, 2.75) is 25.6 Å². The first-order chi connectivity index (χ1) is 6.49. The van der Waals surface area contributed by atoms with Gasteiger partial charge in [-0.2, -0.15) is 0 Å². The summed E-state index contributed by atoms with van der Waals surface area (Å²) in [6, 6.07) is 2.07. The maximum Gasteiger partial charge on any atom is 0.0486 e. The van der Waals surface area contributed by atoms with Gasteiger partial charge in [-0.1, -0.05) is 29.8 Å². The normalized spacial score (nSPS) is 11.1. The minimum Gasteiger partial charge on any atom is -0.122 e. The Morgan fingerprint density at radius 3 is 2.21 bits per heavy atom. The lowest BCUT2D eigenvalue weighted by molar-refractivity contribution is 0.852. The molecule has 0 bridgehead atoms. The lowest BCUT2D eigenvalue weighted by Gasteiger charge is -2.15. The fourth-order valence-electron chi connectivity index (χ4n) is 1.28. The zero-order valence-corrected chi connectivity index (χ0v) is 13.4. The smallest absolute Gasteiger partial charge is 0.0486 e. The van der Waals surface area contributed by atoms with Crippen LogP contribution in [-0.4, -0.2) is 0 Å². The molecule has 14 heavy (non-hydrogen) atoms. The Morgan fingerprint density at radius 1 is 1.21 bits per heavy atom. The van der Waals surface area contributed by atoms with Gasteiger partial charge in [0.25, 0.3) is 0 Å². The SMILES string of the molecule is CC(C)c1c(Br)cc(CCl)c(Br)c1Br. The Hall–Kier alpha value is 0.950. The minimum atomic E-state index is 0.472. The summed E-state index contributed by atoms with van der Waals surface area (Å²) in [6.07, 6.45) is 0. The molecular formula is C10H10Br3Cl. The average molecular weight is 405 g/mol. The summed E-state index contributed by atoms with van der Waals surface area (Å²) in [7, 11) is 0. The molecule has 0 N–H and O–H groups in total. The highest BCUT2D eigenvalue weighted by molar-refractivity contribution is 9.13. The van der Waals surface area contributed by atoms with Crippen molar-refractivity contribution >= 4 is 59.4 Å². The summed E-state index contributed by atoms with van der Waals surface area (Å²) in [5.41, 5.74) is 2.36. The van der Waals surface area contributed by atoms with E-state index in [-0.39, 0.29) is 0 Å². The number of alkyl halides is 1. The van der Waals surface area contributed by atoms with Crippen molar-refractivity contribution in [1.82, 2.24) is 0 Å². The van der Waals surface area contributed by atoms with E-state index in [1.807, 2.05) is 0 Å². The van der Waals surface area contributed by atoms with Gasteiger partial charge in [0, 0.05) is 19.3 Å². The second-order valence-electron chi connectivity index (χ2n) is 3.35. The molecule has 0 fully saturated rings. The van der Waals surface area contributed by atoms with Gasteiger partial charge in [0.15, 0.2) is 0 Å². The summed E-state index contributed by atoms with van der Waals surface area (Å²) in [5.74, 6) is 0.982. The van der Waals surface area contributed by atoms with Crippen LogP contribution < -0.4 is 0 Å². The van der Waals surface area contributed by atoms with Crippen LogP contribution in [-0.2, 0) is 5.88 Å². The zero-order chi connectivity index (χ0) is 10.9. The van der Waals surface area contributed by atoms with Crippen molar-refractivity contribution in [3.05, 3.63) is 30.6 Å². The number of halogens is 4. The van der Waals surface area contributed by atoms with E-state index in [1.165, 1.54) is 5.56 Å². The van der Waals surface area contributed by atoms with Gasteiger partial charge in [-0.05, 0) is 55.0 Å². The van der Waals surface area contributed by atoms with Crippen molar-refractivity contribution in [3.8, 4) is 0 Å². The molecule has 78 valence electrons. The van der Waals surface area contributed by atoms with Crippen LogP contribution >= 0.6 is 59.4 Å². The molecule has 0 aromatic heterocycles. The van der Waals surface area contributed by atoms with E-state index in [9.17, 15) is 0 Å². The van der Waals surface area contributed by atoms with Crippen molar-refractivity contribution in [2.75, 3.05) is 0 Å². The zero-order valence-electron chi connectivity index (χ0n) is 7.87. The minimum absolute atomic E-state index is 0.472. The summed E-state index contributed by atoms with van der Waals surface area (Å²) in [4.78, 5) is 0. The molecule has 0 unspecified atom stereocenters. The molecular weight excluding hydrogens is 395 g/mol. The van der Waals surface area contributed by atoms with Gasteiger partial charge in [-0.25, -0.2) is 0 Å². The summed E-state index contributed by atoms with van der Waals surface area (Å²) >= 11 is 16.5. The third-order valence-corrected chi connectivity index (χ3v) is 5.20. The van der Waals surface area contributed by atoms with E-state index in [1.54, 1.807) is 0 Å². The average Bonchev–Trinajstić information content (AvgIpc) is 2.10. The topological polar surface area (TPSA) is 0 Å². The van der Waals surface area contributed by atoms with Crippen LogP contribution in [0.15, 0.2) is 19.5 Å². The third-order valence-electron chi connectivity index (χ3n) is 1.99. The molecule has 1 aromatic carbocycles. The molecule has 0 saturated carbocycles. The summed E-state index contributed by atoms with van der Waals surface area (Å²) in [5, 5.41) is 0. The molecule has 4 heteroatoms. The quantitative estimate of drug-likeness (QED) is 0.429. The van der Waals surface area contributed by atoms with Gasteiger partial charge in [-0.3, -0.25) is 0 Å². The summed E-state index contributed by atoms with van der Waals surface area (Å²) < 4.78 is 3.26. The van der Waals surface area contributed by atoms with E-state index >= 15 is 0 Å². The van der Waals surface area contributed by atoms with Crippen molar-refractivity contribution in [2.24, 2.45) is 0 Å². The highest BCUT2D eigenvalue weighted by Gasteiger charge is 2.15. The van der Waals surface area contributed by atoms with E-state index in [2.05, 4.69) is 67.7 Å². The number of benzene rings is 1. The first kappa shape index (κ1) is 13.0. The Balaban J connectivity index is 3.41. The fourth-order valence-corrected chi connectivity index (χ4v) is 4.25. The van der Waals surface area contributed by atoms with Crippen molar-refractivity contribution < 1.29 is 0 Å². The Kier molecular flexibility index (Phi) is 4.96. The maximum absolute atomic E-state index is 5.84. The van der Waals surface area contributed by atoms with E-state index in [4.69, 9.17) is 11.6 Å². The van der Waals surface area contributed by atoms with Crippen LogP contribution in [0.2, 0.25) is 0 Å². The van der Waals surface area contributed by atoms with Gasteiger partial charge in [-0.15, -0.1) is 11.6 Å². The molecule has 0 aliphatic heterocycles. The van der Waals surface area contributed by atoms with E-state index in [0.29, 0.717) is 11.8 Å². The molecule has 0 spiro atoms. The van der Waals surface area contributed by atoms with E-state index < -0.39 is 0 Å². The Morgan fingerprint density at radius 2 is 1.79 bits per heavy atom. The molecule has 0 heterocycles. The standard InChI is InChI=1S/C10H10Br3Cl/c1-5(2)8-7(11)3-6(4-14)9(12)10(8)13/h3,5H,4H2,1-2H3. The second-order valence-corrected chi connectivity index (χ2v) is 6.06. The monoisotopic (exact) mass is 402 g/mol. The Bertz CT molecular complexity index is 348. The van der Waals surface area contributed by atoms with Gasteiger partial charge >= 0.3 is 0 Å². The molecule has 1 aromatic rings. The predicted molar refractivity (Wildman–Crippen MR) is 73.2 cm³/mol. The van der Waals surface area contributed by atoms with E-state index in [0.717, 1.165) is 19.0 Å². The summed E-state index contributed by atoms with van der Waals surface area (Å²) in [6.45, 7) is 4.33. The van der Waals surface area contributed by atoms with Gasteiger partial charge < -0.3 is 0 Å². The first-order valence-electron chi connectivity index (χ1n) is 4.21. The molecule has 0 radical (unpaired) electrons. The first-order valence-corrected chi connectivity index (χ1v) is 7.12. The molecule has 0 atom stereocenters. The van der Waals surface area contributed by atoms with Crippen LogP contribution in [0.4, 0.5) is 0 Å². The Labute approximate surface area is 115 Å². The predicted octanol–water partition coefficient (Wildman–Crippen LogP) is 5.84. The van der Waals surface area contributed by atoms with Crippen LogP contribution in [0, 0.1) is 0 Å². The molecule has 0 aliphatic carbocycles. The lowest BCUT2D eigenvalue weighted by Crippen LogP contribution is -1.95. The maximum atomic E-state index is 5.84. The van der Waals surface area contributed by atoms with Crippen LogP contribution in [0.3, 0.4) is 0 Å². The van der Waals surface area contributed by atoms with Crippen LogP contribution in [0.25, 0.3) is 0 Å². The number of hydrogen-bond donors (Lipinski definition) is 0. The van der Waals surface area contributed by atoms with Gasteiger partial charge in [0.05, 0.1) is 0 Å². The number of hydrogen-bond acceptors (Lipinski definition) is 0.